The third-order valence-electron chi connectivity index (χ3n) is 2.34. The van der Waals surface area contributed by atoms with Crippen molar-refractivity contribution < 1.29 is 4.79 Å². The van der Waals surface area contributed by atoms with E-state index in [1.54, 1.807) is 4.68 Å². The van der Waals surface area contributed by atoms with Crippen molar-refractivity contribution in [2.75, 3.05) is 11.9 Å². The Labute approximate surface area is 115 Å². The molecule has 2 aromatic rings. The Morgan fingerprint density at radius 3 is 3.00 bits per heavy atom. The molecule has 8 heteroatoms. The van der Waals surface area contributed by atoms with E-state index in [2.05, 4.69) is 32.9 Å². The summed E-state index contributed by atoms with van der Waals surface area (Å²) in [6, 6.07) is 1.86. The van der Waals surface area contributed by atoms with Crippen molar-refractivity contribution in [3.05, 3.63) is 23.0 Å². The number of carbonyl (C=O) groups is 1. The van der Waals surface area contributed by atoms with Gasteiger partial charge in [0.25, 0.3) is 5.91 Å². The van der Waals surface area contributed by atoms with E-state index in [0.29, 0.717) is 16.7 Å². The van der Waals surface area contributed by atoms with Gasteiger partial charge in [-0.25, -0.2) is 0 Å². The average Bonchev–Trinajstić information content (AvgIpc) is 3.02. The normalized spacial score (nSPS) is 10.4. The number of rotatable bonds is 6. The first-order valence-electron chi connectivity index (χ1n) is 6.03. The van der Waals surface area contributed by atoms with Crippen LogP contribution in [0.3, 0.4) is 0 Å². The van der Waals surface area contributed by atoms with Crippen molar-refractivity contribution in [1.29, 1.82) is 0 Å². The first kappa shape index (κ1) is 13.5. The van der Waals surface area contributed by atoms with Gasteiger partial charge in [-0.3, -0.25) is 9.48 Å². The fourth-order valence-corrected chi connectivity index (χ4v) is 2.11. The largest absolute Gasteiger partial charge is 0.360 e. The highest BCUT2D eigenvalue weighted by atomic mass is 32.1. The van der Waals surface area contributed by atoms with Crippen LogP contribution in [0.5, 0.6) is 0 Å². The number of amides is 1. The lowest BCUT2D eigenvalue weighted by Gasteiger charge is -1.99. The molecule has 19 heavy (non-hydrogen) atoms. The number of carbonyl (C=O) groups excluding carboxylic acids is 1. The summed E-state index contributed by atoms with van der Waals surface area (Å²) < 4.78 is 1.69. The van der Waals surface area contributed by atoms with Crippen LogP contribution in [0.2, 0.25) is 0 Å². The van der Waals surface area contributed by atoms with E-state index in [1.807, 2.05) is 19.3 Å². The topological polar surface area (TPSA) is 84.7 Å². The van der Waals surface area contributed by atoms with Crippen LogP contribution in [0.1, 0.15) is 28.8 Å². The molecule has 0 saturated heterocycles. The van der Waals surface area contributed by atoms with Crippen molar-refractivity contribution in [2.45, 2.75) is 19.9 Å². The Kier molecular flexibility index (Phi) is 4.45. The fraction of sp³-hybridized carbons (Fsp3) is 0.455. The summed E-state index contributed by atoms with van der Waals surface area (Å²) in [6.07, 6.45) is 2.83. The van der Waals surface area contributed by atoms with E-state index in [4.69, 9.17) is 0 Å². The first-order valence-corrected chi connectivity index (χ1v) is 6.84. The molecule has 0 saturated carbocycles. The van der Waals surface area contributed by atoms with Crippen LogP contribution in [0.25, 0.3) is 0 Å². The van der Waals surface area contributed by atoms with Gasteiger partial charge in [0.2, 0.25) is 10.1 Å². The Balaban J connectivity index is 1.87. The maximum absolute atomic E-state index is 11.8. The maximum Gasteiger partial charge on any atom is 0.282 e. The molecule has 0 bridgehead atoms. The van der Waals surface area contributed by atoms with Gasteiger partial charge in [0.05, 0.1) is 12.2 Å². The minimum Gasteiger partial charge on any atom is -0.360 e. The number of hydrogen-bond donors (Lipinski definition) is 2. The van der Waals surface area contributed by atoms with Gasteiger partial charge < -0.3 is 10.6 Å². The van der Waals surface area contributed by atoms with E-state index in [0.717, 1.165) is 18.7 Å². The fourth-order valence-electron chi connectivity index (χ4n) is 1.42. The molecule has 0 atom stereocenters. The van der Waals surface area contributed by atoms with Gasteiger partial charge in [0, 0.05) is 19.8 Å². The monoisotopic (exact) mass is 280 g/mol. The molecule has 2 heterocycles. The van der Waals surface area contributed by atoms with Crippen LogP contribution in [-0.4, -0.2) is 32.4 Å². The molecule has 0 spiro atoms. The smallest absolute Gasteiger partial charge is 0.282 e. The summed E-state index contributed by atoms with van der Waals surface area (Å²) in [5, 5.41) is 18.8. The van der Waals surface area contributed by atoms with Crippen LogP contribution in [0.15, 0.2) is 12.3 Å². The highest BCUT2D eigenvalue weighted by molar-refractivity contribution is 7.17. The summed E-state index contributed by atoms with van der Waals surface area (Å²) in [4.78, 5) is 11.8. The number of nitrogens with one attached hydrogen (secondary N) is 2. The van der Waals surface area contributed by atoms with E-state index < -0.39 is 0 Å². The molecule has 0 fully saturated rings. The molecule has 0 unspecified atom stereocenters. The number of hydrogen-bond acceptors (Lipinski definition) is 6. The molecule has 2 rings (SSSR count). The second-order valence-electron chi connectivity index (χ2n) is 4.00. The number of aryl methyl sites for hydroxylation is 1. The quantitative estimate of drug-likeness (QED) is 0.825. The predicted molar refractivity (Wildman–Crippen MR) is 73.1 cm³/mol. The van der Waals surface area contributed by atoms with Gasteiger partial charge in [0.1, 0.15) is 0 Å². The highest BCUT2D eigenvalue weighted by Gasteiger charge is 2.12. The van der Waals surface area contributed by atoms with E-state index in [1.165, 1.54) is 11.3 Å². The van der Waals surface area contributed by atoms with E-state index in [9.17, 15) is 4.79 Å². The summed E-state index contributed by atoms with van der Waals surface area (Å²) in [5.74, 6) is -0.229. The lowest BCUT2D eigenvalue weighted by atomic mass is 10.4. The van der Waals surface area contributed by atoms with Crippen LogP contribution in [0, 0.1) is 0 Å². The second-order valence-corrected chi connectivity index (χ2v) is 4.98. The molecule has 102 valence electrons. The van der Waals surface area contributed by atoms with Crippen molar-refractivity contribution in [3.63, 3.8) is 0 Å². The molecular weight excluding hydrogens is 264 g/mol. The zero-order chi connectivity index (χ0) is 13.7. The van der Waals surface area contributed by atoms with Crippen molar-refractivity contribution in [1.82, 2.24) is 25.3 Å². The third kappa shape index (κ3) is 3.75. The molecule has 0 aliphatic heterocycles. The minimum atomic E-state index is -0.229. The molecule has 0 aliphatic carbocycles. The lowest BCUT2D eigenvalue weighted by molar-refractivity contribution is 0.0949. The molecule has 7 nitrogen and oxygen atoms in total. The highest BCUT2D eigenvalue weighted by Crippen LogP contribution is 2.14. The van der Waals surface area contributed by atoms with Gasteiger partial charge >= 0.3 is 0 Å². The molecule has 0 aliphatic rings. The second kappa shape index (κ2) is 6.28. The SMILES string of the molecule is CCCNc1nnc(C(=O)NCc2ccn(C)n2)s1. The lowest BCUT2D eigenvalue weighted by Crippen LogP contribution is -2.23. The van der Waals surface area contributed by atoms with Gasteiger partial charge in [-0.15, -0.1) is 10.2 Å². The zero-order valence-corrected chi connectivity index (χ0v) is 11.7. The molecular formula is C11H16N6OS. The van der Waals surface area contributed by atoms with E-state index >= 15 is 0 Å². The minimum absolute atomic E-state index is 0.229. The third-order valence-corrected chi connectivity index (χ3v) is 3.22. The van der Waals surface area contributed by atoms with Crippen LogP contribution in [0.4, 0.5) is 5.13 Å². The molecule has 0 radical (unpaired) electrons. The van der Waals surface area contributed by atoms with Gasteiger partial charge in [-0.2, -0.15) is 5.10 Å². The standard InChI is InChI=1S/C11H16N6OS/c1-3-5-12-11-15-14-10(19-11)9(18)13-7-8-4-6-17(2)16-8/h4,6H,3,5,7H2,1-2H3,(H,12,15)(H,13,18). The summed E-state index contributed by atoms with van der Waals surface area (Å²) in [5.41, 5.74) is 0.810. The summed E-state index contributed by atoms with van der Waals surface area (Å²) >= 11 is 1.25. The Morgan fingerprint density at radius 2 is 2.32 bits per heavy atom. The van der Waals surface area contributed by atoms with Gasteiger partial charge in [-0.1, -0.05) is 18.3 Å². The molecule has 2 aromatic heterocycles. The number of anilines is 1. The van der Waals surface area contributed by atoms with Crippen LogP contribution >= 0.6 is 11.3 Å². The predicted octanol–water partition coefficient (Wildman–Crippen LogP) is 1.02. The van der Waals surface area contributed by atoms with Crippen LogP contribution in [-0.2, 0) is 13.6 Å². The van der Waals surface area contributed by atoms with Crippen molar-refractivity contribution in [3.8, 4) is 0 Å². The van der Waals surface area contributed by atoms with Gasteiger partial charge in [0.15, 0.2) is 0 Å². The maximum atomic E-state index is 11.8. The van der Waals surface area contributed by atoms with Crippen molar-refractivity contribution >= 4 is 22.4 Å². The Morgan fingerprint density at radius 1 is 1.47 bits per heavy atom. The summed E-state index contributed by atoms with van der Waals surface area (Å²) in [6.45, 7) is 3.27. The molecule has 2 N–H and O–H groups in total. The van der Waals surface area contributed by atoms with Gasteiger partial charge in [-0.05, 0) is 12.5 Å². The first-order chi connectivity index (χ1) is 9.19. The molecule has 0 aromatic carbocycles. The zero-order valence-electron chi connectivity index (χ0n) is 10.9. The summed E-state index contributed by atoms with van der Waals surface area (Å²) in [7, 11) is 1.84. The average molecular weight is 280 g/mol. The van der Waals surface area contributed by atoms with Crippen LogP contribution < -0.4 is 10.6 Å². The molecule has 1 amide bonds. The number of nitrogens with zero attached hydrogens (tertiary/aromatic N) is 4. The van der Waals surface area contributed by atoms with Crippen molar-refractivity contribution in [2.24, 2.45) is 7.05 Å². The Hall–Kier alpha value is -1.96. The number of aromatic nitrogens is 4. The Bertz CT molecular complexity index is 549. The van der Waals surface area contributed by atoms with E-state index in [-0.39, 0.29) is 5.91 Å².